The van der Waals surface area contributed by atoms with Gasteiger partial charge in [0.15, 0.2) is 0 Å². The molecule has 0 spiro atoms. The van der Waals surface area contributed by atoms with Crippen LogP contribution in [-0.2, 0) is 10.0 Å². The summed E-state index contributed by atoms with van der Waals surface area (Å²) in [5, 5.41) is 1.12. The summed E-state index contributed by atoms with van der Waals surface area (Å²) in [5.41, 5.74) is 0.672. The number of hydrogen-bond donors (Lipinski definition) is 1. The van der Waals surface area contributed by atoms with Crippen molar-refractivity contribution in [3.8, 4) is 0 Å². The Morgan fingerprint density at radius 2 is 2.00 bits per heavy atom. The summed E-state index contributed by atoms with van der Waals surface area (Å²) in [4.78, 5) is 4.32. The quantitative estimate of drug-likeness (QED) is 0.942. The normalized spacial score (nSPS) is 12.2. The fourth-order valence-corrected chi connectivity index (χ4v) is 3.12. The maximum absolute atomic E-state index is 12.0. The Labute approximate surface area is 111 Å². The average Bonchev–Trinajstić information content (AvgIpc) is 2.27. The van der Waals surface area contributed by atoms with Gasteiger partial charge in [0.1, 0.15) is 0 Å². The van der Waals surface area contributed by atoms with Crippen molar-refractivity contribution in [3.63, 3.8) is 0 Å². The monoisotopic (exact) mass is 284 g/mol. The second kappa shape index (κ2) is 4.84. The highest BCUT2D eigenvalue weighted by atomic mass is 35.5. The number of aromatic nitrogens is 1. The number of fused-ring (bicyclic) bond motifs is 1. The molecule has 0 saturated heterocycles. The van der Waals surface area contributed by atoms with E-state index in [2.05, 4.69) is 9.71 Å². The van der Waals surface area contributed by atoms with E-state index in [0.29, 0.717) is 15.9 Å². The number of sulfonamides is 1. The van der Waals surface area contributed by atoms with E-state index >= 15 is 0 Å². The molecule has 0 aliphatic rings. The molecule has 18 heavy (non-hydrogen) atoms. The minimum Gasteiger partial charge on any atom is -0.256 e. The van der Waals surface area contributed by atoms with Crippen molar-refractivity contribution < 1.29 is 8.42 Å². The lowest BCUT2D eigenvalue weighted by molar-refractivity contribution is 0.570. The van der Waals surface area contributed by atoms with Crippen molar-refractivity contribution in [2.24, 2.45) is 0 Å². The lowest BCUT2D eigenvalue weighted by Crippen LogP contribution is -2.30. The summed E-state index contributed by atoms with van der Waals surface area (Å²) in [6.45, 7) is 3.54. The van der Waals surface area contributed by atoms with Crippen molar-refractivity contribution in [2.75, 3.05) is 0 Å². The number of rotatable bonds is 3. The molecule has 1 aromatic carbocycles. The van der Waals surface area contributed by atoms with Gasteiger partial charge in [-0.1, -0.05) is 11.6 Å². The van der Waals surface area contributed by atoms with Gasteiger partial charge in [0.2, 0.25) is 10.0 Å². The standard InChI is InChI=1S/C12H13ClN2O2S/c1-8(2)15-18(16,17)9-3-4-12-10(7-9)11(13)5-6-14-12/h3-8,15H,1-2H3. The third-order valence-electron chi connectivity index (χ3n) is 2.36. The van der Waals surface area contributed by atoms with Gasteiger partial charge in [-0.15, -0.1) is 0 Å². The summed E-state index contributed by atoms with van der Waals surface area (Å²) in [7, 11) is -3.50. The number of nitrogens with zero attached hydrogens (tertiary/aromatic N) is 1. The first-order valence-electron chi connectivity index (χ1n) is 5.47. The van der Waals surface area contributed by atoms with Gasteiger partial charge in [-0.3, -0.25) is 4.98 Å². The molecular formula is C12H13ClN2O2S. The van der Waals surface area contributed by atoms with E-state index in [4.69, 9.17) is 11.6 Å². The van der Waals surface area contributed by atoms with Gasteiger partial charge in [-0.05, 0) is 38.1 Å². The predicted molar refractivity (Wildman–Crippen MR) is 72.2 cm³/mol. The second-order valence-corrected chi connectivity index (χ2v) is 6.37. The van der Waals surface area contributed by atoms with E-state index in [1.165, 1.54) is 12.1 Å². The predicted octanol–water partition coefficient (Wildman–Crippen LogP) is 2.57. The van der Waals surface area contributed by atoms with Crippen LogP contribution in [0.4, 0.5) is 0 Å². The Kier molecular flexibility index (Phi) is 3.56. The van der Waals surface area contributed by atoms with Crippen LogP contribution in [-0.4, -0.2) is 19.4 Å². The number of hydrogen-bond acceptors (Lipinski definition) is 3. The zero-order chi connectivity index (χ0) is 13.3. The van der Waals surface area contributed by atoms with Crippen LogP contribution in [0.15, 0.2) is 35.4 Å². The molecule has 2 rings (SSSR count). The molecule has 0 bridgehead atoms. The number of halogens is 1. The van der Waals surface area contributed by atoms with Gasteiger partial charge in [-0.25, -0.2) is 13.1 Å². The van der Waals surface area contributed by atoms with Crippen molar-refractivity contribution in [3.05, 3.63) is 35.5 Å². The van der Waals surface area contributed by atoms with Crippen molar-refractivity contribution in [1.29, 1.82) is 0 Å². The Morgan fingerprint density at radius 3 is 2.67 bits per heavy atom. The molecule has 6 heteroatoms. The average molecular weight is 285 g/mol. The zero-order valence-corrected chi connectivity index (χ0v) is 11.6. The highest BCUT2D eigenvalue weighted by Gasteiger charge is 2.16. The van der Waals surface area contributed by atoms with Crippen LogP contribution in [0.25, 0.3) is 10.9 Å². The van der Waals surface area contributed by atoms with Crippen LogP contribution in [0.3, 0.4) is 0 Å². The summed E-state index contributed by atoms with van der Waals surface area (Å²) in [5.74, 6) is 0. The van der Waals surface area contributed by atoms with Gasteiger partial charge in [0.05, 0.1) is 15.4 Å². The minimum absolute atomic E-state index is 0.157. The first-order chi connectivity index (χ1) is 8.40. The molecule has 1 aromatic heterocycles. The van der Waals surface area contributed by atoms with Crippen molar-refractivity contribution in [1.82, 2.24) is 9.71 Å². The summed E-state index contributed by atoms with van der Waals surface area (Å²) < 4.78 is 26.6. The molecular weight excluding hydrogens is 272 g/mol. The Bertz CT molecular complexity index is 684. The molecule has 0 unspecified atom stereocenters. The number of nitrogens with one attached hydrogen (secondary N) is 1. The Balaban J connectivity index is 2.57. The highest BCUT2D eigenvalue weighted by molar-refractivity contribution is 7.89. The summed E-state index contributed by atoms with van der Waals surface area (Å²) in [6, 6.07) is 6.19. The first-order valence-corrected chi connectivity index (χ1v) is 7.33. The van der Waals surface area contributed by atoms with Gasteiger partial charge >= 0.3 is 0 Å². The molecule has 0 saturated carbocycles. The van der Waals surface area contributed by atoms with Crippen molar-refractivity contribution in [2.45, 2.75) is 24.8 Å². The zero-order valence-electron chi connectivity index (χ0n) is 10.0. The molecule has 4 nitrogen and oxygen atoms in total. The third kappa shape index (κ3) is 2.63. The fraction of sp³-hybridized carbons (Fsp3) is 0.250. The topological polar surface area (TPSA) is 59.1 Å². The van der Waals surface area contributed by atoms with E-state index in [1.807, 2.05) is 0 Å². The molecule has 1 N–H and O–H groups in total. The fourth-order valence-electron chi connectivity index (χ4n) is 1.64. The Morgan fingerprint density at radius 1 is 1.28 bits per heavy atom. The van der Waals surface area contributed by atoms with Crippen LogP contribution in [0, 0.1) is 0 Å². The van der Waals surface area contributed by atoms with Gasteiger partial charge in [0, 0.05) is 17.6 Å². The minimum atomic E-state index is -3.50. The van der Waals surface area contributed by atoms with E-state index in [1.54, 1.807) is 32.2 Å². The van der Waals surface area contributed by atoms with E-state index in [9.17, 15) is 8.42 Å². The lowest BCUT2D eigenvalue weighted by atomic mass is 10.2. The highest BCUT2D eigenvalue weighted by Crippen LogP contribution is 2.24. The SMILES string of the molecule is CC(C)NS(=O)(=O)c1ccc2nccc(Cl)c2c1. The van der Waals surface area contributed by atoms with E-state index in [0.717, 1.165) is 0 Å². The first kappa shape index (κ1) is 13.3. The second-order valence-electron chi connectivity index (χ2n) is 4.25. The molecule has 0 fully saturated rings. The molecule has 0 atom stereocenters. The smallest absolute Gasteiger partial charge is 0.240 e. The number of pyridine rings is 1. The maximum Gasteiger partial charge on any atom is 0.240 e. The number of benzene rings is 1. The van der Waals surface area contributed by atoms with Gasteiger partial charge < -0.3 is 0 Å². The van der Waals surface area contributed by atoms with Crippen LogP contribution in [0.2, 0.25) is 5.02 Å². The molecule has 1 heterocycles. The molecule has 0 amide bonds. The lowest BCUT2D eigenvalue weighted by Gasteiger charge is -2.10. The van der Waals surface area contributed by atoms with E-state index < -0.39 is 10.0 Å². The summed E-state index contributed by atoms with van der Waals surface area (Å²) >= 11 is 6.03. The van der Waals surface area contributed by atoms with E-state index in [-0.39, 0.29) is 10.9 Å². The molecule has 96 valence electrons. The largest absolute Gasteiger partial charge is 0.256 e. The maximum atomic E-state index is 12.0. The third-order valence-corrected chi connectivity index (χ3v) is 4.35. The Hall–Kier alpha value is -1.17. The summed E-state index contributed by atoms with van der Waals surface area (Å²) in [6.07, 6.45) is 1.59. The molecule has 0 aliphatic carbocycles. The molecule has 0 aliphatic heterocycles. The van der Waals surface area contributed by atoms with Crippen molar-refractivity contribution >= 4 is 32.5 Å². The van der Waals surface area contributed by atoms with Gasteiger partial charge in [0.25, 0.3) is 0 Å². The van der Waals surface area contributed by atoms with Crippen LogP contribution in [0.5, 0.6) is 0 Å². The van der Waals surface area contributed by atoms with Crippen LogP contribution >= 0.6 is 11.6 Å². The van der Waals surface area contributed by atoms with Gasteiger partial charge in [-0.2, -0.15) is 0 Å². The van der Waals surface area contributed by atoms with Crippen LogP contribution in [0.1, 0.15) is 13.8 Å². The molecule has 0 radical (unpaired) electrons. The molecule has 2 aromatic rings. The van der Waals surface area contributed by atoms with Crippen LogP contribution < -0.4 is 4.72 Å².